The Morgan fingerprint density at radius 2 is 2.08 bits per heavy atom. The Morgan fingerprint density at radius 3 is 2.58 bits per heavy atom. The first-order valence-corrected chi connectivity index (χ1v) is 3.41. The van der Waals surface area contributed by atoms with Gasteiger partial charge in [-0.3, -0.25) is 13.9 Å². The van der Waals surface area contributed by atoms with Crippen LogP contribution in [0.1, 0.15) is 5.69 Å². The molecule has 0 aromatic carbocycles. The molecule has 1 aromatic heterocycles. The van der Waals surface area contributed by atoms with Crippen molar-refractivity contribution < 1.29 is 4.39 Å². The number of hydrogen-bond acceptors (Lipinski definition) is 2. The molecule has 66 valence electrons. The quantitative estimate of drug-likeness (QED) is 0.588. The molecule has 12 heavy (non-hydrogen) atoms. The highest BCUT2D eigenvalue weighted by atomic mass is 19.1. The van der Waals surface area contributed by atoms with Gasteiger partial charge in [-0.05, 0) is 6.92 Å². The zero-order chi connectivity index (χ0) is 9.30. The third-order valence-corrected chi connectivity index (χ3v) is 1.73. The SMILES string of the molecule is Cc1cc(=O)n(C)c(=O)n1CF. The fourth-order valence-corrected chi connectivity index (χ4v) is 0.925. The number of halogens is 1. The number of alkyl halides is 1. The van der Waals surface area contributed by atoms with Crippen LogP contribution in [-0.2, 0) is 13.8 Å². The molecule has 5 heteroatoms. The van der Waals surface area contributed by atoms with Crippen molar-refractivity contribution in [2.75, 3.05) is 0 Å². The van der Waals surface area contributed by atoms with E-state index >= 15 is 0 Å². The molecule has 0 atom stereocenters. The predicted molar refractivity (Wildman–Crippen MR) is 41.8 cm³/mol. The normalized spacial score (nSPS) is 10.2. The highest BCUT2D eigenvalue weighted by molar-refractivity contribution is 4.98. The van der Waals surface area contributed by atoms with Crippen LogP contribution in [0.15, 0.2) is 15.7 Å². The molecule has 1 aromatic rings. The Bertz CT molecular complexity index is 405. The largest absolute Gasteiger partial charge is 0.333 e. The Labute approximate surface area is 67.9 Å². The van der Waals surface area contributed by atoms with E-state index in [1.165, 1.54) is 20.0 Å². The van der Waals surface area contributed by atoms with E-state index in [1.54, 1.807) is 0 Å². The third kappa shape index (κ3) is 1.17. The van der Waals surface area contributed by atoms with Crippen LogP contribution >= 0.6 is 0 Å². The van der Waals surface area contributed by atoms with Gasteiger partial charge in [0.2, 0.25) is 0 Å². The molecule has 0 aliphatic heterocycles. The molecular weight excluding hydrogens is 163 g/mol. The summed E-state index contributed by atoms with van der Waals surface area (Å²) >= 11 is 0. The Morgan fingerprint density at radius 1 is 1.50 bits per heavy atom. The van der Waals surface area contributed by atoms with Gasteiger partial charge in [0.1, 0.15) is 0 Å². The van der Waals surface area contributed by atoms with E-state index in [-0.39, 0.29) is 0 Å². The van der Waals surface area contributed by atoms with Crippen LogP contribution in [0.3, 0.4) is 0 Å². The first kappa shape index (κ1) is 8.70. The molecule has 0 N–H and O–H groups in total. The molecule has 0 saturated heterocycles. The Balaban J connectivity index is 3.63. The lowest BCUT2D eigenvalue weighted by Crippen LogP contribution is -2.38. The molecule has 1 heterocycles. The number of rotatable bonds is 1. The van der Waals surface area contributed by atoms with E-state index in [9.17, 15) is 14.0 Å². The second-order valence-corrected chi connectivity index (χ2v) is 2.51. The Hall–Kier alpha value is -1.39. The van der Waals surface area contributed by atoms with Crippen molar-refractivity contribution in [2.24, 2.45) is 7.05 Å². The van der Waals surface area contributed by atoms with Crippen LogP contribution in [0.25, 0.3) is 0 Å². The van der Waals surface area contributed by atoms with Gasteiger partial charge in [-0.25, -0.2) is 9.18 Å². The highest BCUT2D eigenvalue weighted by Gasteiger charge is 2.03. The van der Waals surface area contributed by atoms with Gasteiger partial charge in [0.25, 0.3) is 5.56 Å². The summed E-state index contributed by atoms with van der Waals surface area (Å²) in [4.78, 5) is 22.1. The molecule has 0 fully saturated rings. The summed E-state index contributed by atoms with van der Waals surface area (Å²) < 4.78 is 14.0. The van der Waals surface area contributed by atoms with E-state index in [0.29, 0.717) is 5.69 Å². The van der Waals surface area contributed by atoms with Gasteiger partial charge in [-0.2, -0.15) is 0 Å². The number of hydrogen-bond donors (Lipinski definition) is 0. The monoisotopic (exact) mass is 172 g/mol. The van der Waals surface area contributed by atoms with Crippen molar-refractivity contribution in [3.05, 3.63) is 32.6 Å². The maximum Gasteiger partial charge on any atom is 0.333 e. The molecule has 0 amide bonds. The molecule has 0 saturated carbocycles. The van der Waals surface area contributed by atoms with E-state index in [4.69, 9.17) is 0 Å². The first-order valence-electron chi connectivity index (χ1n) is 3.41. The molecule has 0 aliphatic carbocycles. The van der Waals surface area contributed by atoms with E-state index in [2.05, 4.69) is 0 Å². The zero-order valence-electron chi connectivity index (χ0n) is 6.87. The average molecular weight is 172 g/mol. The van der Waals surface area contributed by atoms with Gasteiger partial charge in [-0.15, -0.1) is 0 Å². The lowest BCUT2D eigenvalue weighted by atomic mass is 10.4. The van der Waals surface area contributed by atoms with Crippen molar-refractivity contribution in [1.82, 2.24) is 9.13 Å². The van der Waals surface area contributed by atoms with Gasteiger partial charge in [0, 0.05) is 18.8 Å². The van der Waals surface area contributed by atoms with Crippen molar-refractivity contribution in [3.8, 4) is 0 Å². The average Bonchev–Trinajstić information content (AvgIpc) is 2.01. The fourth-order valence-electron chi connectivity index (χ4n) is 0.925. The van der Waals surface area contributed by atoms with Gasteiger partial charge in [0.05, 0.1) is 0 Å². The lowest BCUT2D eigenvalue weighted by Gasteiger charge is -2.05. The van der Waals surface area contributed by atoms with Gasteiger partial charge < -0.3 is 0 Å². The molecule has 0 radical (unpaired) electrons. The summed E-state index contributed by atoms with van der Waals surface area (Å²) in [7, 11) is 1.32. The minimum absolute atomic E-state index is 0.339. The third-order valence-electron chi connectivity index (χ3n) is 1.73. The first-order chi connectivity index (χ1) is 5.57. The van der Waals surface area contributed by atoms with E-state index < -0.39 is 18.0 Å². The molecule has 0 bridgehead atoms. The van der Waals surface area contributed by atoms with Crippen molar-refractivity contribution in [1.29, 1.82) is 0 Å². The van der Waals surface area contributed by atoms with Crippen LogP contribution in [0, 0.1) is 6.92 Å². The van der Waals surface area contributed by atoms with Gasteiger partial charge in [-0.1, -0.05) is 0 Å². The molecular formula is C7H9FN2O2. The standard InChI is InChI=1S/C7H9FN2O2/c1-5-3-6(11)9(2)7(12)10(5)4-8/h3H,4H2,1-2H3. The maximum absolute atomic E-state index is 12.2. The van der Waals surface area contributed by atoms with Gasteiger partial charge >= 0.3 is 5.69 Å². The van der Waals surface area contributed by atoms with Crippen LogP contribution in [0.2, 0.25) is 0 Å². The fraction of sp³-hybridized carbons (Fsp3) is 0.429. The summed E-state index contributed by atoms with van der Waals surface area (Å²) in [5, 5.41) is 0. The predicted octanol–water partition coefficient (Wildman–Crippen LogP) is -0.218. The number of aryl methyl sites for hydroxylation is 1. The molecule has 0 aliphatic rings. The zero-order valence-corrected chi connectivity index (χ0v) is 6.87. The van der Waals surface area contributed by atoms with Crippen LogP contribution in [0.4, 0.5) is 4.39 Å². The number of aromatic nitrogens is 2. The second kappa shape index (κ2) is 2.92. The molecule has 1 rings (SSSR count). The van der Waals surface area contributed by atoms with Crippen LogP contribution in [0.5, 0.6) is 0 Å². The summed E-state index contributed by atoms with van der Waals surface area (Å²) in [6, 6.07) is 1.22. The van der Waals surface area contributed by atoms with Crippen molar-refractivity contribution in [3.63, 3.8) is 0 Å². The molecule has 0 spiro atoms. The lowest BCUT2D eigenvalue weighted by molar-refractivity contribution is 0.352. The molecule has 0 unspecified atom stereocenters. The summed E-state index contributed by atoms with van der Waals surface area (Å²) in [5.41, 5.74) is -0.699. The maximum atomic E-state index is 12.2. The smallest absolute Gasteiger partial charge is 0.269 e. The van der Waals surface area contributed by atoms with Crippen molar-refractivity contribution in [2.45, 2.75) is 13.7 Å². The summed E-state index contributed by atoms with van der Waals surface area (Å²) in [5.74, 6) is 0. The molecule has 4 nitrogen and oxygen atoms in total. The topological polar surface area (TPSA) is 44.0 Å². The second-order valence-electron chi connectivity index (χ2n) is 2.51. The summed E-state index contributed by atoms with van der Waals surface area (Å²) in [6.07, 6.45) is 0. The minimum Gasteiger partial charge on any atom is -0.269 e. The van der Waals surface area contributed by atoms with Crippen LogP contribution in [-0.4, -0.2) is 9.13 Å². The summed E-state index contributed by atoms with van der Waals surface area (Å²) in [6.45, 7) is 0.612. The van der Waals surface area contributed by atoms with E-state index in [1.807, 2.05) is 0 Å². The minimum atomic E-state index is -0.904. The van der Waals surface area contributed by atoms with Crippen LogP contribution < -0.4 is 11.2 Å². The van der Waals surface area contributed by atoms with Gasteiger partial charge in [0.15, 0.2) is 6.80 Å². The van der Waals surface area contributed by atoms with E-state index in [0.717, 1.165) is 9.13 Å². The number of nitrogens with zero attached hydrogens (tertiary/aromatic N) is 2. The highest BCUT2D eigenvalue weighted by Crippen LogP contribution is 1.88. The van der Waals surface area contributed by atoms with Crippen molar-refractivity contribution >= 4 is 0 Å². The Kier molecular flexibility index (Phi) is 2.12.